The zero-order valence-electron chi connectivity index (χ0n) is 21.8. The average Bonchev–Trinajstić information content (AvgIpc) is 2.94. The molecule has 5 heteroatoms. The number of carboxylic acids is 1. The first-order valence-electron chi connectivity index (χ1n) is 13.4. The van der Waals surface area contributed by atoms with E-state index in [1.807, 2.05) is 80.6 Å². The van der Waals surface area contributed by atoms with Crippen molar-refractivity contribution in [3.63, 3.8) is 0 Å². The molecule has 2 bridgehead atoms. The Morgan fingerprint density at radius 2 is 1.55 bits per heavy atom. The fourth-order valence-electron chi connectivity index (χ4n) is 6.88. The van der Waals surface area contributed by atoms with Gasteiger partial charge >= 0.3 is 5.97 Å². The van der Waals surface area contributed by atoms with Gasteiger partial charge in [-0.05, 0) is 69.2 Å². The van der Waals surface area contributed by atoms with E-state index in [0.29, 0.717) is 37.7 Å². The largest absolute Gasteiger partial charge is 0.481 e. The molecular formula is C33H32N2O3. The van der Waals surface area contributed by atoms with Gasteiger partial charge in [0.15, 0.2) is 0 Å². The van der Waals surface area contributed by atoms with Crippen LogP contribution in [0.25, 0.3) is 22.2 Å². The van der Waals surface area contributed by atoms with Gasteiger partial charge in [0.05, 0.1) is 22.2 Å². The molecule has 3 aliphatic carbocycles. The zero-order valence-corrected chi connectivity index (χ0v) is 21.8. The maximum absolute atomic E-state index is 14.4. The van der Waals surface area contributed by atoms with Crippen LogP contribution in [-0.4, -0.2) is 27.5 Å². The van der Waals surface area contributed by atoms with Crippen molar-refractivity contribution >= 4 is 22.8 Å². The van der Waals surface area contributed by atoms with Crippen LogP contribution in [0.3, 0.4) is 0 Å². The molecular weight excluding hydrogens is 472 g/mol. The lowest BCUT2D eigenvalue weighted by molar-refractivity contribution is -0.157. The van der Waals surface area contributed by atoms with E-state index in [1.165, 1.54) is 0 Å². The maximum Gasteiger partial charge on any atom is 0.309 e. The van der Waals surface area contributed by atoms with E-state index >= 15 is 0 Å². The van der Waals surface area contributed by atoms with E-state index in [1.54, 1.807) is 0 Å². The average molecular weight is 505 g/mol. The Hall–Kier alpha value is -3.99. The summed E-state index contributed by atoms with van der Waals surface area (Å²) in [5.41, 5.74) is 5.03. The quantitative estimate of drug-likeness (QED) is 0.313. The van der Waals surface area contributed by atoms with Crippen LogP contribution in [0.5, 0.6) is 0 Å². The highest BCUT2D eigenvalue weighted by Gasteiger charge is 2.58. The summed E-state index contributed by atoms with van der Waals surface area (Å²) in [6, 6.07) is 26.1. The molecule has 4 aromatic rings. The number of aromatic nitrogens is 1. The second-order valence-corrected chi connectivity index (χ2v) is 11.2. The number of carbonyl (C=O) groups is 2. The molecule has 38 heavy (non-hydrogen) atoms. The molecule has 1 heterocycles. The SMILES string of the molecule is Cc1ccc2nc(-c3ccccc3)c(C)c(C(=O)NC34CCC(C(=O)O)(CC3)CC4c3ccccc3)c2c1. The van der Waals surface area contributed by atoms with Crippen molar-refractivity contribution in [2.45, 2.75) is 57.4 Å². The minimum absolute atomic E-state index is 0.0602. The number of carbonyl (C=O) groups excluding carboxylic acids is 1. The number of carboxylic acid groups (broad SMARTS) is 1. The van der Waals surface area contributed by atoms with Crippen LogP contribution in [0.1, 0.15) is 65.1 Å². The maximum atomic E-state index is 14.4. The fourth-order valence-corrected chi connectivity index (χ4v) is 6.88. The topological polar surface area (TPSA) is 79.3 Å². The number of hydrogen-bond acceptors (Lipinski definition) is 3. The Labute approximate surface area is 222 Å². The van der Waals surface area contributed by atoms with Gasteiger partial charge in [0, 0.05) is 22.4 Å². The summed E-state index contributed by atoms with van der Waals surface area (Å²) in [6.07, 6.45) is 3.00. The van der Waals surface area contributed by atoms with Crippen LogP contribution in [-0.2, 0) is 4.79 Å². The standard InChI is InChI=1S/C33H32N2O3/c1-21-13-14-27-25(19-21)28(22(2)29(34-27)24-11-7-4-8-12-24)30(36)35-33-17-15-32(16-18-33,31(37)38)20-26(33)23-9-5-3-6-10-23/h3-14,19,26H,15-18,20H2,1-2H3,(H,35,36)(H,37,38). The molecule has 0 radical (unpaired) electrons. The molecule has 192 valence electrons. The van der Waals surface area contributed by atoms with Crippen molar-refractivity contribution < 1.29 is 14.7 Å². The highest BCUT2D eigenvalue weighted by Crippen LogP contribution is 2.58. The molecule has 3 fully saturated rings. The highest BCUT2D eigenvalue weighted by atomic mass is 16.4. The number of hydrogen-bond donors (Lipinski definition) is 2. The van der Waals surface area contributed by atoms with Crippen LogP contribution in [0.4, 0.5) is 0 Å². The number of benzene rings is 3. The van der Waals surface area contributed by atoms with Crippen molar-refractivity contribution in [1.29, 1.82) is 0 Å². The summed E-state index contributed by atoms with van der Waals surface area (Å²) >= 11 is 0. The third-order valence-electron chi connectivity index (χ3n) is 9.04. The van der Waals surface area contributed by atoms with Crippen molar-refractivity contribution in [2.75, 3.05) is 0 Å². The predicted molar refractivity (Wildman–Crippen MR) is 149 cm³/mol. The lowest BCUT2D eigenvalue weighted by Gasteiger charge is -2.56. The molecule has 3 aromatic carbocycles. The van der Waals surface area contributed by atoms with Crippen LogP contribution in [0, 0.1) is 19.3 Å². The molecule has 2 N–H and O–H groups in total. The van der Waals surface area contributed by atoms with E-state index in [-0.39, 0.29) is 11.8 Å². The number of aryl methyl sites for hydroxylation is 1. The van der Waals surface area contributed by atoms with E-state index in [2.05, 4.69) is 17.4 Å². The van der Waals surface area contributed by atoms with Crippen molar-refractivity contribution in [3.8, 4) is 11.3 Å². The van der Waals surface area contributed by atoms with Gasteiger partial charge in [-0.3, -0.25) is 9.59 Å². The van der Waals surface area contributed by atoms with E-state index in [9.17, 15) is 14.7 Å². The number of nitrogens with zero attached hydrogens (tertiary/aromatic N) is 1. The Balaban J connectivity index is 1.46. The Morgan fingerprint density at radius 3 is 2.21 bits per heavy atom. The Kier molecular flexibility index (Phi) is 5.82. The molecule has 1 atom stereocenters. The third-order valence-corrected chi connectivity index (χ3v) is 9.04. The summed E-state index contributed by atoms with van der Waals surface area (Å²) in [5.74, 6) is -0.879. The zero-order chi connectivity index (χ0) is 26.5. The monoisotopic (exact) mass is 504 g/mol. The highest BCUT2D eigenvalue weighted by molar-refractivity contribution is 6.09. The molecule has 1 aromatic heterocycles. The van der Waals surface area contributed by atoms with Crippen LogP contribution in [0.15, 0.2) is 78.9 Å². The first-order valence-corrected chi connectivity index (χ1v) is 13.4. The predicted octanol–water partition coefficient (Wildman–Crippen LogP) is 6.82. The van der Waals surface area contributed by atoms with Gasteiger partial charge < -0.3 is 10.4 Å². The number of fused-ring (bicyclic) bond motifs is 4. The van der Waals surface area contributed by atoms with Crippen molar-refractivity contribution in [1.82, 2.24) is 10.3 Å². The van der Waals surface area contributed by atoms with Crippen LogP contribution in [0.2, 0.25) is 0 Å². The molecule has 0 saturated heterocycles. The smallest absolute Gasteiger partial charge is 0.309 e. The first-order chi connectivity index (χ1) is 18.3. The van der Waals surface area contributed by atoms with Gasteiger partial charge in [-0.15, -0.1) is 0 Å². The summed E-state index contributed by atoms with van der Waals surface area (Å²) in [5, 5.41) is 14.5. The first kappa shape index (κ1) is 24.4. The van der Waals surface area contributed by atoms with Gasteiger partial charge in [-0.25, -0.2) is 4.98 Å². The second-order valence-electron chi connectivity index (χ2n) is 11.2. The molecule has 5 nitrogen and oxygen atoms in total. The Morgan fingerprint density at radius 1 is 0.895 bits per heavy atom. The number of nitrogens with one attached hydrogen (secondary N) is 1. The molecule has 3 aliphatic rings. The van der Waals surface area contributed by atoms with E-state index in [4.69, 9.17) is 4.98 Å². The minimum atomic E-state index is -0.718. The molecule has 0 aliphatic heterocycles. The van der Waals surface area contributed by atoms with Gasteiger partial charge in [-0.1, -0.05) is 72.3 Å². The molecule has 1 amide bonds. The summed E-state index contributed by atoms with van der Waals surface area (Å²) in [4.78, 5) is 31.7. The lowest BCUT2D eigenvalue weighted by Crippen LogP contribution is -2.62. The van der Waals surface area contributed by atoms with Crippen LogP contribution < -0.4 is 5.32 Å². The normalized spacial score (nSPS) is 24.3. The van der Waals surface area contributed by atoms with Gasteiger partial charge in [-0.2, -0.15) is 0 Å². The third kappa shape index (κ3) is 3.89. The van der Waals surface area contributed by atoms with Crippen LogP contribution >= 0.6 is 0 Å². The minimum Gasteiger partial charge on any atom is -0.481 e. The lowest BCUT2D eigenvalue weighted by atomic mass is 9.51. The Bertz CT molecular complexity index is 1540. The molecule has 7 rings (SSSR count). The van der Waals surface area contributed by atoms with Crippen molar-refractivity contribution in [3.05, 3.63) is 101 Å². The molecule has 1 unspecified atom stereocenters. The molecule has 3 saturated carbocycles. The summed E-state index contributed by atoms with van der Waals surface area (Å²) in [7, 11) is 0. The van der Waals surface area contributed by atoms with Crippen molar-refractivity contribution in [2.24, 2.45) is 5.41 Å². The number of pyridine rings is 1. The fraction of sp³-hybridized carbons (Fsp3) is 0.303. The second kappa shape index (κ2) is 9.09. The number of aliphatic carboxylic acids is 1. The number of amides is 1. The summed E-state index contributed by atoms with van der Waals surface area (Å²) < 4.78 is 0. The van der Waals surface area contributed by atoms with E-state index in [0.717, 1.165) is 38.9 Å². The van der Waals surface area contributed by atoms with Gasteiger partial charge in [0.1, 0.15) is 0 Å². The summed E-state index contributed by atoms with van der Waals surface area (Å²) in [6.45, 7) is 4.01. The van der Waals surface area contributed by atoms with Gasteiger partial charge in [0.25, 0.3) is 5.91 Å². The molecule has 0 spiro atoms. The van der Waals surface area contributed by atoms with E-state index < -0.39 is 16.9 Å². The van der Waals surface area contributed by atoms with Gasteiger partial charge in [0.2, 0.25) is 0 Å². The number of rotatable bonds is 5.